The maximum Gasteiger partial charge on any atom is 0.292 e. The first-order valence-corrected chi connectivity index (χ1v) is 5.52. The quantitative estimate of drug-likeness (QED) is 0.450. The number of rotatable bonds is 3. The van der Waals surface area contributed by atoms with Gasteiger partial charge in [-0.15, -0.1) is 0 Å². The van der Waals surface area contributed by atoms with Crippen molar-refractivity contribution < 1.29 is 4.92 Å². The van der Waals surface area contributed by atoms with Gasteiger partial charge < -0.3 is 15.6 Å². The molecule has 2 rings (SSSR count). The lowest BCUT2D eigenvalue weighted by Gasteiger charge is -2.09. The Bertz CT molecular complexity index is 568. The zero-order valence-electron chi connectivity index (χ0n) is 9.21. The summed E-state index contributed by atoms with van der Waals surface area (Å²) in [5.74, 6) is 0. The summed E-state index contributed by atoms with van der Waals surface area (Å²) in [4.78, 5) is 13.2. The molecule has 1 aromatic heterocycles. The van der Waals surface area contributed by atoms with Crippen LogP contribution in [0.3, 0.4) is 0 Å². The van der Waals surface area contributed by atoms with Crippen molar-refractivity contribution in [1.29, 1.82) is 0 Å². The molecule has 0 atom stereocenters. The summed E-state index contributed by atoms with van der Waals surface area (Å²) in [6.07, 6.45) is 3.48. The molecule has 0 spiro atoms. The Morgan fingerprint density at radius 2 is 2.06 bits per heavy atom. The molecule has 2 aromatic rings. The maximum absolute atomic E-state index is 10.8. The predicted molar refractivity (Wildman–Crippen MR) is 73.7 cm³/mol. The van der Waals surface area contributed by atoms with Crippen LogP contribution >= 0.6 is 12.2 Å². The molecule has 0 radical (unpaired) electrons. The average molecular weight is 262 g/mol. The van der Waals surface area contributed by atoms with E-state index < -0.39 is 4.92 Å². The van der Waals surface area contributed by atoms with E-state index in [9.17, 15) is 10.1 Å². The SMILES string of the molecule is O=[N+]([O-])c1ccccc1NC(=S)Nc1cc[nH]c1. The normalized spacial score (nSPS) is 9.78. The van der Waals surface area contributed by atoms with Crippen molar-refractivity contribution in [3.63, 3.8) is 0 Å². The number of thiocarbonyl (C=S) groups is 1. The molecule has 0 bridgehead atoms. The Morgan fingerprint density at radius 1 is 1.28 bits per heavy atom. The number of hydrogen-bond acceptors (Lipinski definition) is 3. The van der Waals surface area contributed by atoms with Gasteiger partial charge in [0.2, 0.25) is 0 Å². The highest BCUT2D eigenvalue weighted by atomic mass is 32.1. The molecule has 18 heavy (non-hydrogen) atoms. The van der Waals surface area contributed by atoms with Gasteiger partial charge in [0.05, 0.1) is 10.6 Å². The summed E-state index contributed by atoms with van der Waals surface area (Å²) in [5.41, 5.74) is 1.12. The van der Waals surface area contributed by atoms with E-state index >= 15 is 0 Å². The molecular weight excluding hydrogens is 252 g/mol. The van der Waals surface area contributed by atoms with Crippen LogP contribution in [0.4, 0.5) is 17.1 Å². The molecule has 1 heterocycles. The van der Waals surface area contributed by atoms with Crippen LogP contribution < -0.4 is 10.6 Å². The van der Waals surface area contributed by atoms with Gasteiger partial charge in [0.25, 0.3) is 5.69 Å². The van der Waals surface area contributed by atoms with Gasteiger partial charge in [0.15, 0.2) is 5.11 Å². The molecule has 0 aliphatic rings. The van der Waals surface area contributed by atoms with Crippen LogP contribution in [0.15, 0.2) is 42.7 Å². The number of para-hydroxylation sites is 2. The maximum atomic E-state index is 10.8. The molecular formula is C11H10N4O2S. The molecule has 3 N–H and O–H groups in total. The summed E-state index contributed by atoms with van der Waals surface area (Å²) < 4.78 is 0. The van der Waals surface area contributed by atoms with Gasteiger partial charge >= 0.3 is 0 Å². The van der Waals surface area contributed by atoms with Crippen molar-refractivity contribution >= 4 is 34.4 Å². The Labute approximate surface area is 108 Å². The molecule has 0 aliphatic heterocycles. The Hall–Kier alpha value is -2.41. The van der Waals surface area contributed by atoms with Gasteiger partial charge in [-0.3, -0.25) is 10.1 Å². The van der Waals surface area contributed by atoms with Gasteiger partial charge in [-0.2, -0.15) is 0 Å². The van der Waals surface area contributed by atoms with Crippen LogP contribution in [0.25, 0.3) is 0 Å². The number of nitrogens with one attached hydrogen (secondary N) is 3. The number of benzene rings is 1. The van der Waals surface area contributed by atoms with Gasteiger partial charge in [0, 0.05) is 18.5 Å². The minimum Gasteiger partial charge on any atom is -0.366 e. The Morgan fingerprint density at radius 3 is 2.72 bits per heavy atom. The number of nitro groups is 1. The van der Waals surface area contributed by atoms with Crippen LogP contribution in [0.5, 0.6) is 0 Å². The number of nitrogens with zero attached hydrogens (tertiary/aromatic N) is 1. The second kappa shape index (κ2) is 5.28. The van der Waals surface area contributed by atoms with E-state index in [1.165, 1.54) is 6.07 Å². The topological polar surface area (TPSA) is 83.0 Å². The molecule has 0 amide bonds. The van der Waals surface area contributed by atoms with Crippen molar-refractivity contribution in [3.8, 4) is 0 Å². The van der Waals surface area contributed by atoms with Gasteiger partial charge in [-0.1, -0.05) is 12.1 Å². The molecule has 0 unspecified atom stereocenters. The summed E-state index contributed by atoms with van der Waals surface area (Å²) in [5, 5.41) is 16.8. The first kappa shape index (κ1) is 12.1. The van der Waals surface area contributed by atoms with E-state index in [1.807, 2.05) is 0 Å². The van der Waals surface area contributed by atoms with E-state index in [1.54, 1.807) is 36.7 Å². The highest BCUT2D eigenvalue weighted by Gasteiger charge is 2.13. The molecule has 0 aliphatic carbocycles. The number of nitro benzene ring substituents is 1. The fourth-order valence-electron chi connectivity index (χ4n) is 1.42. The lowest BCUT2D eigenvalue weighted by atomic mass is 10.3. The fraction of sp³-hybridized carbons (Fsp3) is 0. The number of hydrogen-bond donors (Lipinski definition) is 3. The van der Waals surface area contributed by atoms with E-state index in [-0.39, 0.29) is 5.69 Å². The van der Waals surface area contributed by atoms with E-state index in [0.717, 1.165) is 5.69 Å². The van der Waals surface area contributed by atoms with Crippen molar-refractivity contribution in [1.82, 2.24) is 4.98 Å². The molecule has 0 saturated heterocycles. The summed E-state index contributed by atoms with van der Waals surface area (Å²) in [6.45, 7) is 0. The molecule has 1 aromatic carbocycles. The summed E-state index contributed by atoms with van der Waals surface area (Å²) in [7, 11) is 0. The van der Waals surface area contributed by atoms with Crippen molar-refractivity contribution in [2.45, 2.75) is 0 Å². The Kier molecular flexibility index (Phi) is 3.54. The molecule has 7 heteroatoms. The van der Waals surface area contributed by atoms with Crippen LogP contribution in [0.1, 0.15) is 0 Å². The third-order valence-corrected chi connectivity index (χ3v) is 2.41. The van der Waals surface area contributed by atoms with Gasteiger partial charge in [-0.05, 0) is 24.4 Å². The minimum atomic E-state index is -0.457. The zero-order valence-corrected chi connectivity index (χ0v) is 10.0. The highest BCUT2D eigenvalue weighted by Crippen LogP contribution is 2.23. The monoisotopic (exact) mass is 262 g/mol. The molecule has 6 nitrogen and oxygen atoms in total. The second-order valence-electron chi connectivity index (χ2n) is 3.45. The Balaban J connectivity index is 2.09. The lowest BCUT2D eigenvalue weighted by Crippen LogP contribution is -2.19. The predicted octanol–water partition coefficient (Wildman–Crippen LogP) is 2.73. The third kappa shape index (κ3) is 2.83. The van der Waals surface area contributed by atoms with Crippen LogP contribution in [-0.2, 0) is 0 Å². The van der Waals surface area contributed by atoms with Crippen LogP contribution in [-0.4, -0.2) is 15.0 Å². The smallest absolute Gasteiger partial charge is 0.292 e. The molecule has 0 saturated carbocycles. The molecule has 0 fully saturated rings. The van der Waals surface area contributed by atoms with Crippen molar-refractivity contribution in [2.75, 3.05) is 10.6 Å². The number of aromatic amines is 1. The second-order valence-corrected chi connectivity index (χ2v) is 3.86. The van der Waals surface area contributed by atoms with Crippen molar-refractivity contribution in [2.24, 2.45) is 0 Å². The van der Waals surface area contributed by atoms with E-state index in [2.05, 4.69) is 15.6 Å². The average Bonchev–Trinajstić information content (AvgIpc) is 2.82. The van der Waals surface area contributed by atoms with Gasteiger partial charge in [-0.25, -0.2) is 0 Å². The van der Waals surface area contributed by atoms with Crippen LogP contribution in [0.2, 0.25) is 0 Å². The minimum absolute atomic E-state index is 0.0179. The summed E-state index contributed by atoms with van der Waals surface area (Å²) in [6, 6.07) is 8.12. The summed E-state index contributed by atoms with van der Waals surface area (Å²) >= 11 is 5.07. The van der Waals surface area contributed by atoms with Crippen molar-refractivity contribution in [3.05, 3.63) is 52.8 Å². The lowest BCUT2D eigenvalue weighted by molar-refractivity contribution is -0.383. The van der Waals surface area contributed by atoms with E-state index in [4.69, 9.17) is 12.2 Å². The number of anilines is 2. The first-order chi connectivity index (χ1) is 8.66. The van der Waals surface area contributed by atoms with Gasteiger partial charge in [0.1, 0.15) is 5.69 Å². The molecule has 92 valence electrons. The standard InChI is InChI=1S/C11H10N4O2S/c16-15(17)10-4-2-1-3-9(10)14-11(18)13-8-5-6-12-7-8/h1-7,12H,(H2,13,14,18). The zero-order chi connectivity index (χ0) is 13.0. The first-order valence-electron chi connectivity index (χ1n) is 5.11. The largest absolute Gasteiger partial charge is 0.366 e. The van der Waals surface area contributed by atoms with E-state index in [0.29, 0.717) is 10.8 Å². The number of H-pyrrole nitrogens is 1. The highest BCUT2D eigenvalue weighted by molar-refractivity contribution is 7.80. The number of aromatic nitrogens is 1. The third-order valence-electron chi connectivity index (χ3n) is 2.20. The fourth-order valence-corrected chi connectivity index (χ4v) is 1.65. The van der Waals surface area contributed by atoms with Crippen LogP contribution in [0, 0.1) is 10.1 Å².